The van der Waals surface area contributed by atoms with Crippen molar-refractivity contribution in [1.29, 1.82) is 0 Å². The first kappa shape index (κ1) is 22.9. The quantitative estimate of drug-likeness (QED) is 0.401. The van der Waals surface area contributed by atoms with Crippen molar-refractivity contribution < 1.29 is 14.4 Å². The van der Waals surface area contributed by atoms with Gasteiger partial charge in [-0.15, -0.1) is 0 Å². The maximum atomic E-state index is 13.2. The van der Waals surface area contributed by atoms with Crippen LogP contribution in [0, 0.1) is 0 Å². The van der Waals surface area contributed by atoms with Crippen molar-refractivity contribution in [3.05, 3.63) is 99.6 Å². The van der Waals surface area contributed by atoms with E-state index in [0.717, 1.165) is 57.3 Å². The maximum Gasteiger partial charge on any atom is 0.335 e. The topological polar surface area (TPSA) is 69.7 Å². The van der Waals surface area contributed by atoms with Crippen molar-refractivity contribution in [3.63, 3.8) is 0 Å². The van der Waals surface area contributed by atoms with Gasteiger partial charge in [0.2, 0.25) is 0 Å². The zero-order valence-electron chi connectivity index (χ0n) is 19.3. The van der Waals surface area contributed by atoms with Crippen LogP contribution in [-0.4, -0.2) is 24.4 Å². The van der Waals surface area contributed by atoms with Crippen LogP contribution in [0.15, 0.2) is 72.3 Å². The molecule has 7 heteroatoms. The number of carbonyl (C=O) groups is 3. The molecule has 6 nitrogen and oxygen atoms in total. The zero-order chi connectivity index (χ0) is 24.5. The van der Waals surface area contributed by atoms with Crippen LogP contribution in [0.25, 0.3) is 6.08 Å². The first-order valence-electron chi connectivity index (χ1n) is 11.6. The highest BCUT2D eigenvalue weighted by Crippen LogP contribution is 2.32. The number of carbonyl (C=O) groups excluding carboxylic acids is 3. The predicted molar refractivity (Wildman–Crippen MR) is 137 cm³/mol. The Morgan fingerprint density at radius 2 is 1.77 bits per heavy atom. The van der Waals surface area contributed by atoms with E-state index in [4.69, 9.17) is 11.6 Å². The smallest absolute Gasteiger partial charge is 0.335 e. The Balaban J connectivity index is 1.40. The summed E-state index contributed by atoms with van der Waals surface area (Å²) in [5.74, 6) is -1.33. The summed E-state index contributed by atoms with van der Waals surface area (Å²) in [6.45, 7) is 3.60. The minimum absolute atomic E-state index is 0.0740. The number of barbiturate groups is 1. The number of fused-ring (bicyclic) bond motifs is 1. The molecule has 176 valence electrons. The van der Waals surface area contributed by atoms with E-state index >= 15 is 0 Å². The van der Waals surface area contributed by atoms with Gasteiger partial charge in [-0.2, -0.15) is 0 Å². The number of benzene rings is 3. The summed E-state index contributed by atoms with van der Waals surface area (Å²) in [7, 11) is 0. The van der Waals surface area contributed by atoms with Crippen LogP contribution < -0.4 is 15.1 Å². The second-order valence-corrected chi connectivity index (χ2v) is 9.04. The Hall–Kier alpha value is -3.90. The summed E-state index contributed by atoms with van der Waals surface area (Å²) in [6, 6.07) is 20.1. The van der Waals surface area contributed by atoms with Gasteiger partial charge in [-0.1, -0.05) is 54.9 Å². The van der Waals surface area contributed by atoms with Crippen molar-refractivity contribution in [2.45, 2.75) is 26.3 Å². The molecule has 0 spiro atoms. The Morgan fingerprint density at radius 1 is 1.00 bits per heavy atom. The van der Waals surface area contributed by atoms with Crippen LogP contribution in [0.4, 0.5) is 16.2 Å². The van der Waals surface area contributed by atoms with Crippen LogP contribution in [0.3, 0.4) is 0 Å². The molecule has 3 aromatic rings. The summed E-state index contributed by atoms with van der Waals surface area (Å²) >= 11 is 6.34. The molecule has 3 aromatic carbocycles. The molecule has 0 unspecified atom stereocenters. The van der Waals surface area contributed by atoms with Gasteiger partial charge in [-0.3, -0.25) is 14.9 Å². The van der Waals surface area contributed by atoms with E-state index in [0.29, 0.717) is 12.2 Å². The van der Waals surface area contributed by atoms with Gasteiger partial charge in [0.1, 0.15) is 5.57 Å². The molecule has 2 aliphatic rings. The fourth-order valence-corrected chi connectivity index (χ4v) is 4.71. The lowest BCUT2D eigenvalue weighted by molar-refractivity contribution is -0.122. The molecule has 2 aliphatic heterocycles. The maximum absolute atomic E-state index is 13.2. The molecule has 0 bridgehead atoms. The molecule has 5 rings (SSSR count). The number of nitrogens with one attached hydrogen (secondary N) is 1. The molecular weight excluding hydrogens is 462 g/mol. The number of imide groups is 2. The van der Waals surface area contributed by atoms with Crippen LogP contribution in [-0.2, 0) is 29.0 Å². The van der Waals surface area contributed by atoms with Crippen LogP contribution in [0.5, 0.6) is 0 Å². The van der Waals surface area contributed by atoms with Gasteiger partial charge in [-0.25, -0.2) is 9.69 Å². The minimum Gasteiger partial charge on any atom is -0.367 e. The lowest BCUT2D eigenvalue weighted by Crippen LogP contribution is -2.54. The van der Waals surface area contributed by atoms with Crippen molar-refractivity contribution in [2.24, 2.45) is 0 Å². The number of nitrogens with zero attached hydrogens (tertiary/aromatic N) is 2. The van der Waals surface area contributed by atoms with E-state index in [-0.39, 0.29) is 5.57 Å². The number of hydrogen-bond acceptors (Lipinski definition) is 4. The van der Waals surface area contributed by atoms with Gasteiger partial charge in [-0.05, 0) is 71.5 Å². The van der Waals surface area contributed by atoms with E-state index in [1.165, 1.54) is 0 Å². The number of aryl methyl sites for hydroxylation is 1. The normalized spacial score (nSPS) is 16.6. The Labute approximate surface area is 208 Å². The number of rotatable bonds is 5. The van der Waals surface area contributed by atoms with Crippen LogP contribution >= 0.6 is 11.6 Å². The molecule has 1 fully saturated rings. The van der Waals surface area contributed by atoms with Gasteiger partial charge < -0.3 is 4.90 Å². The highest BCUT2D eigenvalue weighted by atomic mass is 35.5. The lowest BCUT2D eigenvalue weighted by atomic mass is 10.0. The van der Waals surface area contributed by atoms with E-state index in [1.807, 2.05) is 61.5 Å². The summed E-state index contributed by atoms with van der Waals surface area (Å²) in [5, 5.41) is 3.03. The number of anilines is 2. The third kappa shape index (κ3) is 4.45. The van der Waals surface area contributed by atoms with E-state index in [1.54, 1.807) is 18.2 Å². The van der Waals surface area contributed by atoms with E-state index < -0.39 is 17.8 Å². The van der Waals surface area contributed by atoms with Crippen molar-refractivity contribution >= 4 is 46.9 Å². The summed E-state index contributed by atoms with van der Waals surface area (Å²) in [4.78, 5) is 41.5. The molecule has 0 atom stereocenters. The zero-order valence-corrected chi connectivity index (χ0v) is 20.0. The average molecular weight is 486 g/mol. The molecule has 4 amide bonds. The van der Waals surface area contributed by atoms with Gasteiger partial charge in [0.15, 0.2) is 0 Å². The lowest BCUT2D eigenvalue weighted by Gasteiger charge is -2.26. The van der Waals surface area contributed by atoms with Gasteiger partial charge in [0.05, 0.1) is 5.69 Å². The van der Waals surface area contributed by atoms with E-state index in [9.17, 15) is 14.4 Å². The number of urea groups is 1. The molecule has 1 N–H and O–H groups in total. The standard InChI is InChI=1S/C28H24ClN3O3/c1-2-18-7-10-22(11-8-18)32-27(34)23(26(33)30-28(32)35)16-19-9-12-25-20(15-19)13-14-31(25)17-21-5-3-4-6-24(21)29/h3-12,15-16H,2,13-14,17H2,1H3,(H,30,33,35). The minimum atomic E-state index is -0.745. The summed E-state index contributed by atoms with van der Waals surface area (Å²) in [5.41, 5.74) is 5.49. The Morgan fingerprint density at radius 3 is 2.51 bits per heavy atom. The molecule has 0 aliphatic carbocycles. The van der Waals surface area contributed by atoms with Gasteiger partial charge in [0, 0.05) is 23.8 Å². The third-order valence-corrected chi connectivity index (χ3v) is 6.80. The van der Waals surface area contributed by atoms with Crippen LogP contribution in [0.2, 0.25) is 5.02 Å². The van der Waals surface area contributed by atoms with Crippen molar-refractivity contribution in [3.8, 4) is 0 Å². The Bertz CT molecular complexity index is 1360. The Kier molecular flexibility index (Phi) is 6.14. The fraction of sp³-hybridized carbons (Fsp3) is 0.179. The first-order chi connectivity index (χ1) is 16.9. The third-order valence-electron chi connectivity index (χ3n) is 6.43. The molecule has 0 radical (unpaired) electrons. The fourth-order valence-electron chi connectivity index (χ4n) is 4.52. The monoisotopic (exact) mass is 485 g/mol. The van der Waals surface area contributed by atoms with Gasteiger partial charge >= 0.3 is 6.03 Å². The molecule has 0 saturated carbocycles. The predicted octanol–water partition coefficient (Wildman–Crippen LogP) is 5.13. The molecular formula is C28H24ClN3O3. The second kappa shape index (κ2) is 9.39. The molecule has 1 saturated heterocycles. The highest BCUT2D eigenvalue weighted by molar-refractivity contribution is 6.39. The largest absolute Gasteiger partial charge is 0.367 e. The molecule has 35 heavy (non-hydrogen) atoms. The number of halogens is 1. The molecule has 0 aromatic heterocycles. The van der Waals surface area contributed by atoms with Gasteiger partial charge in [0.25, 0.3) is 11.8 Å². The number of hydrogen-bond donors (Lipinski definition) is 1. The van der Waals surface area contributed by atoms with Crippen molar-refractivity contribution in [1.82, 2.24) is 5.32 Å². The number of amides is 4. The van der Waals surface area contributed by atoms with Crippen LogP contribution in [0.1, 0.15) is 29.2 Å². The second-order valence-electron chi connectivity index (χ2n) is 8.63. The molecule has 2 heterocycles. The highest BCUT2D eigenvalue weighted by Gasteiger charge is 2.36. The first-order valence-corrected chi connectivity index (χ1v) is 11.9. The SMILES string of the molecule is CCc1ccc(N2C(=O)NC(=O)C(=Cc3ccc4c(c3)CCN4Cc3ccccc3Cl)C2=O)cc1. The van der Waals surface area contributed by atoms with E-state index in [2.05, 4.69) is 10.2 Å². The average Bonchev–Trinajstić information content (AvgIpc) is 3.25. The summed E-state index contributed by atoms with van der Waals surface area (Å²) in [6.07, 6.45) is 3.25. The van der Waals surface area contributed by atoms with Crippen molar-refractivity contribution in [2.75, 3.05) is 16.3 Å². The summed E-state index contributed by atoms with van der Waals surface area (Å²) < 4.78 is 0.